The topological polar surface area (TPSA) is 91.2 Å². The smallest absolute Gasteiger partial charge is 0.277 e. The normalized spacial score (nSPS) is 10.8. The first kappa shape index (κ1) is 18.8. The minimum atomic E-state index is -0.440. The van der Waals surface area contributed by atoms with Crippen LogP contribution in [0.4, 0.5) is 0 Å². The van der Waals surface area contributed by atoms with Crippen molar-refractivity contribution in [3.05, 3.63) is 49.3 Å². The Labute approximate surface area is 162 Å². The maximum atomic E-state index is 11.7. The zero-order chi connectivity index (χ0) is 17.7. The molecule has 9 heteroatoms. The van der Waals surface area contributed by atoms with Gasteiger partial charge < -0.3 is 14.9 Å². The summed E-state index contributed by atoms with van der Waals surface area (Å²) in [5.74, 6) is -0.482. The molecule has 0 fully saturated rings. The van der Waals surface area contributed by atoms with Crippen molar-refractivity contribution in [1.82, 2.24) is 5.43 Å². The van der Waals surface area contributed by atoms with Crippen molar-refractivity contribution in [1.29, 1.82) is 0 Å². The number of benzene rings is 2. The maximum absolute atomic E-state index is 11.7. The molecule has 0 radical (unpaired) electrons. The lowest BCUT2D eigenvalue weighted by molar-refractivity contribution is -0.123. The second-order valence-corrected chi connectivity index (χ2v) is 7.00. The molecule has 0 aliphatic carbocycles. The lowest BCUT2D eigenvalue weighted by Crippen LogP contribution is -2.24. The number of rotatable bonds is 5. The highest BCUT2D eigenvalue weighted by Gasteiger charge is 2.12. The van der Waals surface area contributed by atoms with E-state index in [4.69, 9.17) is 4.74 Å². The third-order valence-electron chi connectivity index (χ3n) is 2.75. The molecule has 0 aliphatic heterocycles. The summed E-state index contributed by atoms with van der Waals surface area (Å²) < 4.78 is 6.94. The number of amides is 1. The lowest BCUT2D eigenvalue weighted by Gasteiger charge is -2.07. The van der Waals surface area contributed by atoms with E-state index >= 15 is 0 Å². The Kier molecular flexibility index (Phi) is 6.64. The van der Waals surface area contributed by atoms with E-state index in [1.165, 1.54) is 12.3 Å². The maximum Gasteiger partial charge on any atom is 0.277 e. The number of carbonyl (C=O) groups excluding carboxylic acids is 1. The van der Waals surface area contributed by atoms with Crippen molar-refractivity contribution in [2.75, 3.05) is 6.61 Å². The summed E-state index contributed by atoms with van der Waals surface area (Å²) in [5.41, 5.74) is 2.77. The SMILES string of the molecule is O=C(COc1cccc(Br)c1)NN=Cc1cc(O)c(O)c(Br)c1Br. The number of hydrogen-bond acceptors (Lipinski definition) is 5. The van der Waals surface area contributed by atoms with Crippen LogP contribution in [0.3, 0.4) is 0 Å². The molecule has 2 aromatic carbocycles. The Hall–Kier alpha value is -1.58. The van der Waals surface area contributed by atoms with Crippen molar-refractivity contribution < 1.29 is 19.7 Å². The largest absolute Gasteiger partial charge is 0.504 e. The molecule has 1 amide bonds. The molecular formula is C15H11Br3N2O4. The van der Waals surface area contributed by atoms with E-state index in [9.17, 15) is 15.0 Å². The summed E-state index contributed by atoms with van der Waals surface area (Å²) in [5, 5.41) is 22.9. The number of carbonyl (C=O) groups is 1. The number of phenols is 2. The monoisotopic (exact) mass is 520 g/mol. The number of phenolic OH excluding ortho intramolecular Hbond substituents is 2. The van der Waals surface area contributed by atoms with E-state index in [0.717, 1.165) is 4.47 Å². The molecular weight excluding hydrogens is 512 g/mol. The fourth-order valence-corrected chi connectivity index (χ4v) is 2.84. The van der Waals surface area contributed by atoms with Gasteiger partial charge in [-0.2, -0.15) is 5.10 Å². The van der Waals surface area contributed by atoms with E-state index in [1.54, 1.807) is 18.2 Å². The molecule has 0 heterocycles. The van der Waals surface area contributed by atoms with Crippen molar-refractivity contribution in [3.63, 3.8) is 0 Å². The number of ether oxygens (including phenoxy) is 1. The molecule has 0 unspecified atom stereocenters. The van der Waals surface area contributed by atoms with Crippen LogP contribution in [0, 0.1) is 0 Å². The number of nitrogens with one attached hydrogen (secondary N) is 1. The van der Waals surface area contributed by atoms with Crippen molar-refractivity contribution >= 4 is 59.9 Å². The van der Waals surface area contributed by atoms with Gasteiger partial charge in [-0.3, -0.25) is 4.79 Å². The predicted octanol–water partition coefficient (Wildman–Crippen LogP) is 3.91. The average molecular weight is 523 g/mol. The van der Waals surface area contributed by atoms with Gasteiger partial charge in [0.2, 0.25) is 0 Å². The Morgan fingerprint density at radius 3 is 2.67 bits per heavy atom. The minimum Gasteiger partial charge on any atom is -0.504 e. The summed E-state index contributed by atoms with van der Waals surface area (Å²) in [6.45, 7) is -0.195. The van der Waals surface area contributed by atoms with Crippen LogP contribution in [-0.4, -0.2) is 28.9 Å². The number of halogens is 3. The van der Waals surface area contributed by atoms with Crippen LogP contribution in [0.25, 0.3) is 0 Å². The second-order valence-electron chi connectivity index (χ2n) is 4.50. The number of hydrogen-bond donors (Lipinski definition) is 3. The zero-order valence-electron chi connectivity index (χ0n) is 12.0. The second kappa shape index (κ2) is 8.50. The average Bonchev–Trinajstić information content (AvgIpc) is 2.55. The van der Waals surface area contributed by atoms with Gasteiger partial charge in [-0.25, -0.2) is 5.43 Å². The Morgan fingerprint density at radius 1 is 1.21 bits per heavy atom. The summed E-state index contributed by atoms with van der Waals surface area (Å²) in [6, 6.07) is 8.42. The van der Waals surface area contributed by atoms with Gasteiger partial charge in [0.1, 0.15) is 5.75 Å². The first-order valence-corrected chi connectivity index (χ1v) is 8.86. The fourth-order valence-electron chi connectivity index (χ4n) is 1.63. The van der Waals surface area contributed by atoms with Gasteiger partial charge in [-0.1, -0.05) is 22.0 Å². The van der Waals surface area contributed by atoms with Crippen LogP contribution in [0.15, 0.2) is 48.9 Å². The summed E-state index contributed by atoms with van der Waals surface area (Å²) in [4.78, 5) is 11.7. The van der Waals surface area contributed by atoms with E-state index in [-0.39, 0.29) is 22.6 Å². The highest BCUT2D eigenvalue weighted by Crippen LogP contribution is 2.40. The minimum absolute atomic E-state index is 0.195. The van der Waals surface area contributed by atoms with Gasteiger partial charge in [0.05, 0.1) is 10.7 Å². The quantitative estimate of drug-likeness (QED) is 0.315. The van der Waals surface area contributed by atoms with Gasteiger partial charge >= 0.3 is 0 Å². The fraction of sp³-hybridized carbons (Fsp3) is 0.0667. The third-order valence-corrected chi connectivity index (χ3v) is 5.40. The van der Waals surface area contributed by atoms with Crippen molar-refractivity contribution in [2.24, 2.45) is 5.10 Å². The van der Waals surface area contributed by atoms with Gasteiger partial charge in [0.25, 0.3) is 5.91 Å². The van der Waals surface area contributed by atoms with Crippen LogP contribution >= 0.6 is 47.8 Å². The van der Waals surface area contributed by atoms with E-state index < -0.39 is 5.91 Å². The molecule has 126 valence electrons. The van der Waals surface area contributed by atoms with Gasteiger partial charge in [0.15, 0.2) is 18.1 Å². The molecule has 0 saturated carbocycles. The van der Waals surface area contributed by atoms with Gasteiger partial charge in [-0.05, 0) is 56.1 Å². The van der Waals surface area contributed by atoms with E-state index in [2.05, 4.69) is 58.3 Å². The molecule has 0 atom stereocenters. The Balaban J connectivity index is 1.93. The molecule has 2 rings (SSSR count). The first-order chi connectivity index (χ1) is 11.4. The highest BCUT2D eigenvalue weighted by atomic mass is 79.9. The highest BCUT2D eigenvalue weighted by molar-refractivity contribution is 9.13. The van der Waals surface area contributed by atoms with Crippen LogP contribution in [0.5, 0.6) is 17.2 Å². The zero-order valence-corrected chi connectivity index (χ0v) is 16.7. The predicted molar refractivity (Wildman–Crippen MR) is 101 cm³/mol. The van der Waals surface area contributed by atoms with Crippen molar-refractivity contribution in [3.8, 4) is 17.2 Å². The molecule has 0 aliphatic rings. The van der Waals surface area contributed by atoms with Crippen LogP contribution in [0.2, 0.25) is 0 Å². The molecule has 0 saturated heterocycles. The van der Waals surface area contributed by atoms with Gasteiger partial charge in [0, 0.05) is 14.5 Å². The third kappa shape index (κ3) is 4.96. The van der Waals surface area contributed by atoms with Crippen molar-refractivity contribution in [2.45, 2.75) is 0 Å². The first-order valence-electron chi connectivity index (χ1n) is 6.48. The standard InChI is InChI=1S/C15H11Br3N2O4/c16-9-2-1-3-10(5-9)24-7-12(22)20-19-6-8-4-11(21)15(23)14(18)13(8)17/h1-6,21,23H,7H2,(H,20,22). The molecule has 6 nitrogen and oxygen atoms in total. The number of hydrazone groups is 1. The van der Waals surface area contributed by atoms with Crippen LogP contribution < -0.4 is 10.2 Å². The number of nitrogens with zero attached hydrogens (tertiary/aromatic N) is 1. The molecule has 3 N–H and O–H groups in total. The summed E-state index contributed by atoms with van der Waals surface area (Å²) >= 11 is 9.69. The molecule has 0 aromatic heterocycles. The summed E-state index contributed by atoms with van der Waals surface area (Å²) in [7, 11) is 0. The molecule has 2 aromatic rings. The Morgan fingerprint density at radius 2 is 1.96 bits per heavy atom. The van der Waals surface area contributed by atoms with Crippen LogP contribution in [0.1, 0.15) is 5.56 Å². The van der Waals surface area contributed by atoms with E-state index in [1.807, 2.05) is 6.07 Å². The molecule has 0 spiro atoms. The van der Waals surface area contributed by atoms with E-state index in [0.29, 0.717) is 15.8 Å². The summed E-state index contributed by atoms with van der Waals surface area (Å²) in [6.07, 6.45) is 1.32. The van der Waals surface area contributed by atoms with Gasteiger partial charge in [-0.15, -0.1) is 0 Å². The molecule has 24 heavy (non-hydrogen) atoms. The molecule has 0 bridgehead atoms. The number of aromatic hydroxyl groups is 2. The lowest BCUT2D eigenvalue weighted by atomic mass is 10.2. The van der Waals surface area contributed by atoms with Crippen LogP contribution in [-0.2, 0) is 4.79 Å². The Bertz CT molecular complexity index is 797.